The highest BCUT2D eigenvalue weighted by molar-refractivity contribution is 6.17. The third-order valence-electron chi connectivity index (χ3n) is 6.91. The van der Waals surface area contributed by atoms with Crippen LogP contribution in [0.2, 0.25) is 0 Å². The van der Waals surface area contributed by atoms with Gasteiger partial charge in [0.1, 0.15) is 17.3 Å². The number of benzene rings is 2. The molecule has 14 heteroatoms. The Morgan fingerprint density at radius 3 is 2.46 bits per heavy atom. The number of nitrogens with two attached hydrogens (primary N) is 1. The van der Waals surface area contributed by atoms with E-state index in [1.807, 2.05) is 0 Å². The Bertz CT molecular complexity index is 1650. The van der Waals surface area contributed by atoms with Gasteiger partial charge in [-0.3, -0.25) is 19.3 Å². The molecule has 1 unspecified atom stereocenters. The van der Waals surface area contributed by atoms with E-state index in [2.05, 4.69) is 10.1 Å². The van der Waals surface area contributed by atoms with Crippen molar-refractivity contribution in [1.82, 2.24) is 24.8 Å². The maximum absolute atomic E-state index is 15.0. The summed E-state index contributed by atoms with van der Waals surface area (Å²) in [6.45, 7) is 0. The van der Waals surface area contributed by atoms with Crippen LogP contribution in [-0.2, 0) is 23.6 Å². The topological polar surface area (TPSA) is 118 Å². The van der Waals surface area contributed by atoms with Crippen LogP contribution in [0.25, 0.3) is 21.8 Å². The normalized spacial score (nSPS) is 15.4. The zero-order valence-corrected chi connectivity index (χ0v) is 21.1. The molecule has 2 aromatic carbocycles. The minimum absolute atomic E-state index is 0.000358. The summed E-state index contributed by atoms with van der Waals surface area (Å²) in [5.41, 5.74) is 2.64. The molecule has 2 aromatic heterocycles. The van der Waals surface area contributed by atoms with E-state index in [4.69, 9.17) is 5.73 Å². The molecule has 3 N–H and O–H groups in total. The summed E-state index contributed by atoms with van der Waals surface area (Å²) in [5.74, 6) is -2.95. The van der Waals surface area contributed by atoms with Crippen molar-refractivity contribution in [2.45, 2.75) is 24.6 Å². The molecule has 1 saturated carbocycles. The summed E-state index contributed by atoms with van der Waals surface area (Å²) in [5, 5.41) is 18.3. The van der Waals surface area contributed by atoms with Crippen LogP contribution in [0.15, 0.2) is 42.6 Å². The van der Waals surface area contributed by atoms with Gasteiger partial charge in [0.15, 0.2) is 7.85 Å². The van der Waals surface area contributed by atoms with Crippen molar-refractivity contribution in [3.63, 3.8) is 0 Å². The first-order valence-corrected chi connectivity index (χ1v) is 11.9. The lowest BCUT2D eigenvalue weighted by Crippen LogP contribution is -2.59. The number of rotatable bonds is 4. The molecular formula is C25H23BF4N6O3. The minimum Gasteiger partial charge on any atom is -0.383 e. The highest BCUT2D eigenvalue weighted by atomic mass is 19.4. The molecule has 4 aromatic rings. The van der Waals surface area contributed by atoms with Gasteiger partial charge in [0, 0.05) is 36.5 Å². The number of nitrogen functional groups attached to an aromatic ring is 1. The van der Waals surface area contributed by atoms with Crippen molar-refractivity contribution in [2.75, 3.05) is 12.8 Å². The van der Waals surface area contributed by atoms with Crippen LogP contribution in [0, 0.1) is 11.7 Å². The maximum atomic E-state index is 15.0. The fourth-order valence-corrected chi connectivity index (χ4v) is 4.72. The highest BCUT2D eigenvalue weighted by Crippen LogP contribution is 2.37. The van der Waals surface area contributed by atoms with Gasteiger partial charge in [-0.2, -0.15) is 18.3 Å². The van der Waals surface area contributed by atoms with Crippen LogP contribution in [0.5, 0.6) is 0 Å². The molecule has 9 nitrogen and oxygen atoms in total. The fourth-order valence-electron chi connectivity index (χ4n) is 4.72. The van der Waals surface area contributed by atoms with E-state index >= 15 is 4.39 Å². The molecular weight excluding hydrogens is 519 g/mol. The number of aryl methyl sites for hydroxylation is 1. The second kappa shape index (κ2) is 8.94. The van der Waals surface area contributed by atoms with Crippen LogP contribution in [0.3, 0.4) is 0 Å². The number of aromatic nitrogens is 3. The van der Waals surface area contributed by atoms with E-state index in [1.165, 1.54) is 31.4 Å². The van der Waals surface area contributed by atoms with Crippen LogP contribution >= 0.6 is 0 Å². The molecule has 1 atom stereocenters. The fraction of sp³-hybridized carbons (Fsp3) is 0.280. The first-order valence-electron chi connectivity index (χ1n) is 11.9. The lowest BCUT2D eigenvalue weighted by molar-refractivity contribution is -0.167. The van der Waals surface area contributed by atoms with Gasteiger partial charge in [0.2, 0.25) is 5.91 Å². The number of hydrogen-bond acceptors (Lipinski definition) is 6. The Balaban J connectivity index is 1.65. The first kappa shape index (κ1) is 26.4. The van der Waals surface area contributed by atoms with Gasteiger partial charge in [-0.15, -0.1) is 0 Å². The number of halogens is 4. The third kappa shape index (κ3) is 4.44. The molecule has 0 radical (unpaired) electrons. The molecule has 0 saturated heterocycles. The van der Waals surface area contributed by atoms with Crippen molar-refractivity contribution < 1.29 is 32.3 Å². The smallest absolute Gasteiger partial charge is 0.383 e. The molecule has 1 aliphatic rings. The summed E-state index contributed by atoms with van der Waals surface area (Å²) >= 11 is 0. The Hall–Kier alpha value is -4.20. The summed E-state index contributed by atoms with van der Waals surface area (Å²) in [7, 11) is 3.97. The summed E-state index contributed by atoms with van der Waals surface area (Å²) in [4.78, 5) is 31.3. The van der Waals surface area contributed by atoms with Gasteiger partial charge in [-0.1, -0.05) is 6.07 Å². The van der Waals surface area contributed by atoms with Gasteiger partial charge >= 0.3 is 6.18 Å². The second-order valence-electron chi connectivity index (χ2n) is 9.73. The van der Waals surface area contributed by atoms with Gasteiger partial charge in [0.25, 0.3) is 5.91 Å². The second-order valence-corrected chi connectivity index (χ2v) is 9.73. The monoisotopic (exact) mass is 542 g/mol. The molecule has 0 bridgehead atoms. The quantitative estimate of drug-likeness (QED) is 0.177. The number of alkyl halides is 3. The van der Waals surface area contributed by atoms with Crippen LogP contribution in [0.4, 0.5) is 23.4 Å². The number of amides is 2. The average molecular weight is 542 g/mol. The van der Waals surface area contributed by atoms with E-state index in [9.17, 15) is 27.9 Å². The van der Waals surface area contributed by atoms with Gasteiger partial charge in [-0.05, 0) is 43.2 Å². The van der Waals surface area contributed by atoms with Gasteiger partial charge in [0.05, 0.1) is 28.2 Å². The van der Waals surface area contributed by atoms with Crippen molar-refractivity contribution in [2.24, 2.45) is 13.0 Å². The van der Waals surface area contributed by atoms with Crippen LogP contribution in [-0.4, -0.2) is 56.6 Å². The zero-order valence-electron chi connectivity index (χ0n) is 21.1. The molecule has 1 aliphatic carbocycles. The number of carbonyl (C=O) groups excluding carboxylic acids is 2. The number of carbonyl (C=O) groups is 2. The first-order chi connectivity index (χ1) is 18.2. The number of nitrogens with zero attached hydrogens (tertiary/aromatic N) is 5. The lowest BCUT2D eigenvalue weighted by atomic mass is 9.81. The molecule has 2 heterocycles. The minimum atomic E-state index is -4.82. The number of fused-ring (bicyclic) bond motifs is 3. The lowest BCUT2D eigenvalue weighted by Gasteiger charge is -2.43. The number of pyridine rings is 1. The van der Waals surface area contributed by atoms with E-state index < -0.39 is 46.5 Å². The van der Waals surface area contributed by atoms with Gasteiger partial charge < -0.3 is 10.8 Å². The Morgan fingerprint density at radius 2 is 1.85 bits per heavy atom. The van der Waals surface area contributed by atoms with Crippen molar-refractivity contribution in [3.8, 4) is 0 Å². The Kier molecular flexibility index (Phi) is 6.05. The third-order valence-corrected chi connectivity index (χ3v) is 6.91. The number of hydrogen-bond donors (Lipinski definition) is 2. The number of anilines is 1. The van der Waals surface area contributed by atoms with Crippen molar-refractivity contribution >= 4 is 47.3 Å². The molecule has 5 rings (SSSR count). The van der Waals surface area contributed by atoms with Crippen molar-refractivity contribution in [3.05, 3.63) is 65.1 Å². The predicted octanol–water partition coefficient (Wildman–Crippen LogP) is 2.52. The molecule has 0 aliphatic heterocycles. The number of hydrazine groups is 1. The highest BCUT2D eigenvalue weighted by Gasteiger charge is 2.45. The molecule has 1 fully saturated rings. The molecule has 202 valence electrons. The van der Waals surface area contributed by atoms with Crippen LogP contribution in [0.1, 0.15) is 34.3 Å². The Morgan fingerprint density at radius 1 is 1.15 bits per heavy atom. The summed E-state index contributed by atoms with van der Waals surface area (Å²) in [6.07, 6.45) is -2.15. The maximum Gasteiger partial charge on any atom is 0.416 e. The zero-order chi connectivity index (χ0) is 28.4. The average Bonchev–Trinajstić information content (AvgIpc) is 3.64. The summed E-state index contributed by atoms with van der Waals surface area (Å²) < 4.78 is 56.0. The molecule has 2 amide bonds. The van der Waals surface area contributed by atoms with Crippen LogP contribution < -0.4 is 5.73 Å². The number of aliphatic hydroxyl groups is 1. The largest absolute Gasteiger partial charge is 0.416 e. The van der Waals surface area contributed by atoms with E-state index in [-0.39, 0.29) is 17.4 Å². The molecule has 39 heavy (non-hydrogen) atoms. The van der Waals surface area contributed by atoms with E-state index in [0.717, 1.165) is 18.9 Å². The molecule has 0 spiro atoms. The standard InChI is InChI=1S/C25H23BF4N6O3/c1-34-20-15-9-13(5-8-19(15)33-21(31)16(20)11-32-34)23(38)36(35(2)22(37)12-3-4-12)24(26,39)17-7-6-14(10-18(17)27)25(28,29)30/h5-12,39H,3-4,26H2,1-2H3,(H2,31,33). The SMILES string of the molecule is BC(O)(c1ccc(C(F)(F)F)cc1F)N(C(=O)c1ccc2nc(N)c3cnn(C)c3c2c1)N(C)C(=O)C1CC1. The van der Waals surface area contributed by atoms with Crippen molar-refractivity contribution in [1.29, 1.82) is 0 Å². The van der Waals surface area contributed by atoms with E-state index in [1.54, 1.807) is 11.7 Å². The van der Waals surface area contributed by atoms with E-state index in [0.29, 0.717) is 45.7 Å². The Labute approximate surface area is 220 Å². The predicted molar refractivity (Wildman–Crippen MR) is 136 cm³/mol. The summed E-state index contributed by atoms with van der Waals surface area (Å²) in [6, 6.07) is 6.00. The van der Waals surface area contributed by atoms with Gasteiger partial charge in [-0.25, -0.2) is 14.4 Å².